The lowest BCUT2D eigenvalue weighted by Gasteiger charge is -2.34. The van der Waals surface area contributed by atoms with Gasteiger partial charge in [-0.2, -0.15) is 38.2 Å². The molecule has 0 saturated carbocycles. The van der Waals surface area contributed by atoms with E-state index in [-0.39, 0.29) is 5.69 Å². The Labute approximate surface area is 283 Å². The van der Waals surface area contributed by atoms with Crippen LogP contribution in [0, 0.1) is 0 Å². The van der Waals surface area contributed by atoms with E-state index in [9.17, 15) is 61.5 Å². The van der Waals surface area contributed by atoms with Gasteiger partial charge in [-0.05, 0) is 48.5 Å². The predicted octanol–water partition coefficient (Wildman–Crippen LogP) is 3.38. The fourth-order valence-corrected chi connectivity index (χ4v) is 9.22. The van der Waals surface area contributed by atoms with Gasteiger partial charge >= 0.3 is 22.1 Å². The fourth-order valence-electron chi connectivity index (χ4n) is 6.10. The van der Waals surface area contributed by atoms with Crippen LogP contribution in [-0.2, 0) is 47.5 Å². The van der Waals surface area contributed by atoms with Gasteiger partial charge in [-0.25, -0.2) is 9.59 Å². The first-order valence-electron chi connectivity index (χ1n) is 13.7. The summed E-state index contributed by atoms with van der Waals surface area (Å²) < 4.78 is 144. The first kappa shape index (κ1) is 35.1. The van der Waals surface area contributed by atoms with Crippen molar-refractivity contribution < 1.29 is 61.5 Å². The minimum atomic E-state index is -5.57. The van der Waals surface area contributed by atoms with E-state index in [2.05, 4.69) is 10.6 Å². The number of urea groups is 1. The number of nitrogens with one attached hydrogen (secondary N) is 2. The zero-order valence-electron chi connectivity index (χ0n) is 25.2. The Morgan fingerprint density at radius 1 is 0.660 bits per heavy atom. The van der Waals surface area contributed by atoms with Gasteiger partial charge < -0.3 is 15.2 Å². The number of aryl methyl sites for hydroxylation is 1. The van der Waals surface area contributed by atoms with Crippen LogP contribution in [0.5, 0.6) is 0 Å². The van der Waals surface area contributed by atoms with Crippen LogP contribution in [0.4, 0.5) is 27.5 Å². The maximum Gasteiger partial charge on any atom is 0.372 e. The quantitative estimate of drug-likeness (QED) is 0.110. The van der Waals surface area contributed by atoms with E-state index >= 15 is 0 Å². The topological polar surface area (TPSA) is 281 Å². The number of hydrogen-bond donors (Lipinski definition) is 6. The molecule has 1 aromatic heterocycles. The number of nitrogens with zero attached hydrogens (tertiary/aromatic N) is 2. The van der Waals surface area contributed by atoms with Crippen LogP contribution in [0.2, 0.25) is 0 Å². The normalized spacial score (nSPS) is 17.0. The molecule has 3 heterocycles. The van der Waals surface area contributed by atoms with Crippen LogP contribution in [0.25, 0.3) is 21.5 Å². The standard InChI is InChI=1S/C28H22N4O14S4/c1-31-9-3-4-19(31)27(33)32(2)20-7-8-22(47(35,36)37)18-11-15(13-24(25(18)20)49(41,42)43)30-28(34)29-14-10-17-16(23(12-14)48(38,39)40)5-6-21(32)26(17)50(44,45)46/h3-13H,1-2H3,(H5-,29,30,34,35,36,37,38,39,40,41,42,43,44,45,46)/p+1. The van der Waals surface area contributed by atoms with E-state index in [1.165, 1.54) is 29.9 Å². The van der Waals surface area contributed by atoms with Gasteiger partial charge in [0.2, 0.25) is 0 Å². The van der Waals surface area contributed by atoms with E-state index < -0.39 is 121 Å². The van der Waals surface area contributed by atoms with Crippen LogP contribution in [0.1, 0.15) is 10.5 Å². The van der Waals surface area contributed by atoms with Gasteiger partial charge in [0, 0.05) is 52.9 Å². The van der Waals surface area contributed by atoms with Crippen LogP contribution >= 0.6 is 0 Å². The molecule has 18 nitrogen and oxygen atoms in total. The molecule has 262 valence electrons. The Morgan fingerprint density at radius 3 is 1.72 bits per heavy atom. The Hall–Kier alpha value is -4.78. The number of anilines is 2. The van der Waals surface area contributed by atoms with Crippen molar-refractivity contribution in [1.29, 1.82) is 0 Å². The van der Waals surface area contributed by atoms with E-state index in [0.717, 1.165) is 49.5 Å². The highest BCUT2D eigenvalue weighted by atomic mass is 32.2. The number of aromatic nitrogens is 1. The highest BCUT2D eigenvalue weighted by Gasteiger charge is 2.47. The number of benzene rings is 4. The average molecular weight is 768 g/mol. The van der Waals surface area contributed by atoms with Gasteiger partial charge in [-0.3, -0.25) is 18.2 Å². The van der Waals surface area contributed by atoms with Crippen LogP contribution in [0.3, 0.4) is 0 Å². The summed E-state index contributed by atoms with van der Waals surface area (Å²) >= 11 is 0. The number of hydrogen-bond acceptors (Lipinski definition) is 10. The minimum Gasteiger partial charge on any atom is -0.343 e. The van der Waals surface area contributed by atoms with Gasteiger partial charge in [0.25, 0.3) is 30.4 Å². The second kappa shape index (κ2) is 11.1. The number of carbonyl (C=O) groups is 2. The summed E-state index contributed by atoms with van der Waals surface area (Å²) in [7, 11) is -18.9. The van der Waals surface area contributed by atoms with E-state index in [0.29, 0.717) is 6.07 Å². The Bertz CT molecular complexity index is 2830. The summed E-state index contributed by atoms with van der Waals surface area (Å²) in [5.74, 6) is -1.04. The highest BCUT2D eigenvalue weighted by molar-refractivity contribution is 7.87. The predicted molar refractivity (Wildman–Crippen MR) is 177 cm³/mol. The monoisotopic (exact) mass is 767 g/mol. The maximum atomic E-state index is 14.8. The molecule has 0 saturated heterocycles. The molecular formula is C28H23N4O14S4+. The summed E-state index contributed by atoms with van der Waals surface area (Å²) in [4.78, 5) is 23.8. The molecule has 0 aliphatic carbocycles. The summed E-state index contributed by atoms with van der Waals surface area (Å²) in [5.41, 5.74) is -2.39. The van der Waals surface area contributed by atoms with E-state index in [4.69, 9.17) is 0 Å². The van der Waals surface area contributed by atoms with E-state index in [1.54, 1.807) is 0 Å². The van der Waals surface area contributed by atoms with Gasteiger partial charge in [-0.15, -0.1) is 0 Å². The maximum absolute atomic E-state index is 14.8. The molecule has 1 unspecified atom stereocenters. The van der Waals surface area contributed by atoms with Crippen molar-refractivity contribution in [2.24, 2.45) is 7.05 Å². The molecule has 0 fully saturated rings. The van der Waals surface area contributed by atoms with Crippen molar-refractivity contribution >= 4 is 96.7 Å². The molecule has 0 radical (unpaired) electrons. The molecular weight excluding hydrogens is 745 g/mol. The zero-order valence-corrected chi connectivity index (χ0v) is 28.5. The second-order valence-electron chi connectivity index (χ2n) is 11.3. The molecule has 5 aromatic rings. The smallest absolute Gasteiger partial charge is 0.343 e. The van der Waals surface area contributed by atoms with Gasteiger partial charge in [0.15, 0.2) is 16.3 Å². The molecule has 22 heteroatoms. The van der Waals surface area contributed by atoms with Crippen LogP contribution < -0.4 is 15.1 Å². The van der Waals surface area contributed by atoms with Crippen molar-refractivity contribution in [3.63, 3.8) is 0 Å². The molecule has 7 bridgehead atoms. The Kier molecular flexibility index (Phi) is 7.79. The summed E-state index contributed by atoms with van der Waals surface area (Å²) in [6.07, 6.45) is 1.43. The second-order valence-corrected chi connectivity index (χ2v) is 16.8. The average Bonchev–Trinajstić information content (AvgIpc) is 3.41. The highest BCUT2D eigenvalue weighted by Crippen LogP contribution is 2.49. The molecule has 4 aromatic carbocycles. The Balaban J connectivity index is 1.99. The van der Waals surface area contributed by atoms with Crippen LogP contribution in [-0.4, -0.2) is 75.4 Å². The first-order valence-corrected chi connectivity index (χ1v) is 19.4. The fraction of sp³-hybridized carbons (Fsp3) is 0.0714. The largest absolute Gasteiger partial charge is 0.372 e. The Morgan fingerprint density at radius 2 is 1.20 bits per heavy atom. The molecule has 6 N–H and O–H groups in total. The van der Waals surface area contributed by atoms with Crippen molar-refractivity contribution in [2.75, 3.05) is 17.7 Å². The first-order chi connectivity index (χ1) is 22.9. The van der Waals surface area contributed by atoms with Gasteiger partial charge in [0.1, 0.15) is 20.4 Å². The number of amides is 3. The van der Waals surface area contributed by atoms with Gasteiger partial charge in [-0.1, -0.05) is 0 Å². The summed E-state index contributed by atoms with van der Waals surface area (Å²) in [6, 6.07) is 8.21. The lowest BCUT2D eigenvalue weighted by Crippen LogP contribution is -2.47. The minimum absolute atomic E-state index is 0.159. The lowest BCUT2D eigenvalue weighted by molar-refractivity contribution is 0.0850. The molecule has 3 amide bonds. The van der Waals surface area contributed by atoms with Crippen molar-refractivity contribution in [3.05, 3.63) is 72.6 Å². The lowest BCUT2D eigenvalue weighted by atomic mass is 10.0. The molecule has 7 rings (SSSR count). The zero-order chi connectivity index (χ0) is 36.9. The molecule has 1 atom stereocenters. The van der Waals surface area contributed by atoms with Crippen molar-refractivity contribution in [2.45, 2.75) is 19.6 Å². The SMILES string of the molecule is Cn1cccc1C(=O)[N+]1(C)c2ccc3c(S(=O)(=O)O)cc(cc3c2S(=O)(=O)O)NC(=O)Nc2cc(S(=O)(=O)O)c3c1ccc(S(=O)(=O)O)c3c2. The third-order valence-electron chi connectivity index (χ3n) is 8.18. The summed E-state index contributed by atoms with van der Waals surface area (Å²) in [5, 5.41) is 1.78. The van der Waals surface area contributed by atoms with E-state index in [1.807, 2.05) is 0 Å². The number of quaternary nitrogens is 1. The van der Waals surface area contributed by atoms with Crippen molar-refractivity contribution in [3.8, 4) is 0 Å². The third-order valence-corrected chi connectivity index (χ3v) is 11.8. The number of fused-ring (bicyclic) bond motifs is 3. The number of rotatable bonds is 5. The molecule has 2 aliphatic rings. The molecule has 0 spiro atoms. The molecule has 50 heavy (non-hydrogen) atoms. The third kappa shape index (κ3) is 5.61. The number of carbonyl (C=O) groups excluding carboxylic acids is 2. The van der Waals surface area contributed by atoms with Crippen LogP contribution in [0.15, 0.2) is 86.4 Å². The molecule has 2 aliphatic heterocycles. The van der Waals surface area contributed by atoms with Gasteiger partial charge in [0.05, 0.1) is 12.4 Å². The summed E-state index contributed by atoms with van der Waals surface area (Å²) in [6.45, 7) is 0. The van der Waals surface area contributed by atoms with Crippen molar-refractivity contribution in [1.82, 2.24) is 9.05 Å².